The van der Waals surface area contributed by atoms with Crippen LogP contribution in [0.25, 0.3) is 0 Å². The first kappa shape index (κ1) is 23.6. The molecular weight excluding hydrogens is 404 g/mol. The van der Waals surface area contributed by atoms with E-state index in [1.807, 2.05) is 67.6 Å². The van der Waals surface area contributed by atoms with Gasteiger partial charge in [-0.3, -0.25) is 10.6 Å². The van der Waals surface area contributed by atoms with Crippen LogP contribution in [0.2, 0.25) is 0 Å². The molecule has 0 aliphatic heterocycles. The van der Waals surface area contributed by atoms with Gasteiger partial charge in [-0.1, -0.05) is 72.8 Å². The molecule has 0 saturated carbocycles. The van der Waals surface area contributed by atoms with Crippen molar-refractivity contribution in [3.63, 3.8) is 0 Å². The summed E-state index contributed by atoms with van der Waals surface area (Å²) in [7, 11) is 0. The van der Waals surface area contributed by atoms with Gasteiger partial charge in [-0.2, -0.15) is 0 Å². The van der Waals surface area contributed by atoms with E-state index >= 15 is 0 Å². The van der Waals surface area contributed by atoms with E-state index in [1.54, 1.807) is 24.3 Å². The van der Waals surface area contributed by atoms with Crippen LogP contribution in [0.4, 0.5) is 0 Å². The Labute approximate surface area is 188 Å². The van der Waals surface area contributed by atoms with Gasteiger partial charge in [0.25, 0.3) is 0 Å². The molecule has 0 saturated heterocycles. The van der Waals surface area contributed by atoms with E-state index in [4.69, 9.17) is 5.11 Å². The highest BCUT2D eigenvalue weighted by Crippen LogP contribution is 2.18. The lowest BCUT2D eigenvalue weighted by Gasteiger charge is -2.34. The topological polar surface area (TPSA) is 102 Å². The van der Waals surface area contributed by atoms with Gasteiger partial charge >= 0.3 is 5.97 Å². The summed E-state index contributed by atoms with van der Waals surface area (Å²) in [6, 6.07) is 25.6. The van der Waals surface area contributed by atoms with Crippen molar-refractivity contribution in [3.05, 3.63) is 107 Å². The fraction of sp³-hybridized carbons (Fsp3) is 0.269. The van der Waals surface area contributed by atoms with Crippen LogP contribution in [0.3, 0.4) is 0 Å². The average molecular weight is 435 g/mol. The lowest BCUT2D eigenvalue weighted by Crippen LogP contribution is -2.58. The Hall–Kier alpha value is -3.03. The molecule has 168 valence electrons. The van der Waals surface area contributed by atoms with Crippen molar-refractivity contribution >= 4 is 5.97 Å². The molecule has 6 heteroatoms. The number of nitrogens with one attached hydrogen (secondary N) is 2. The molecule has 0 heterocycles. The minimum atomic E-state index is -0.965. The Balaban J connectivity index is 1.71. The zero-order valence-corrected chi connectivity index (χ0v) is 18.1. The first-order valence-corrected chi connectivity index (χ1v) is 10.6. The van der Waals surface area contributed by atoms with Gasteiger partial charge in [0.2, 0.25) is 0 Å². The zero-order chi connectivity index (χ0) is 23.0. The van der Waals surface area contributed by atoms with Crippen molar-refractivity contribution in [2.45, 2.75) is 31.2 Å². The average Bonchev–Trinajstić information content (AvgIpc) is 2.82. The minimum absolute atomic E-state index is 0.232. The van der Waals surface area contributed by atoms with Crippen LogP contribution in [0, 0.1) is 0 Å². The molecule has 0 aliphatic carbocycles. The molecular formula is C26H30N2O4. The van der Waals surface area contributed by atoms with E-state index < -0.39 is 23.8 Å². The Kier molecular flexibility index (Phi) is 8.14. The van der Waals surface area contributed by atoms with E-state index in [0.29, 0.717) is 19.5 Å². The predicted molar refractivity (Wildman–Crippen MR) is 124 cm³/mol. The summed E-state index contributed by atoms with van der Waals surface area (Å²) in [6.07, 6.45) is -0.854. The van der Waals surface area contributed by atoms with Crippen molar-refractivity contribution < 1.29 is 20.1 Å². The molecule has 3 rings (SSSR count). The first-order valence-electron chi connectivity index (χ1n) is 10.6. The van der Waals surface area contributed by atoms with E-state index in [0.717, 1.165) is 16.7 Å². The molecule has 0 amide bonds. The first-order chi connectivity index (χ1) is 15.4. The van der Waals surface area contributed by atoms with E-state index in [9.17, 15) is 15.0 Å². The summed E-state index contributed by atoms with van der Waals surface area (Å²) in [6.45, 7) is 2.58. The SMILES string of the molecule is CC(Cc1ccc(C(=O)O)cc1)(NCC(O)c1ccccc1)NCC(O)c1ccccc1. The van der Waals surface area contributed by atoms with Crippen molar-refractivity contribution in [3.8, 4) is 0 Å². The van der Waals surface area contributed by atoms with Gasteiger partial charge in [0.1, 0.15) is 0 Å². The van der Waals surface area contributed by atoms with Crippen LogP contribution < -0.4 is 10.6 Å². The van der Waals surface area contributed by atoms with Crippen molar-refractivity contribution in [2.24, 2.45) is 0 Å². The molecule has 0 aliphatic rings. The molecule has 0 bridgehead atoms. The zero-order valence-electron chi connectivity index (χ0n) is 18.1. The third-order valence-electron chi connectivity index (χ3n) is 5.50. The third-order valence-corrected chi connectivity index (χ3v) is 5.50. The van der Waals surface area contributed by atoms with E-state index in [2.05, 4.69) is 10.6 Å². The number of hydrogen-bond donors (Lipinski definition) is 5. The number of benzene rings is 3. The highest BCUT2D eigenvalue weighted by molar-refractivity contribution is 5.87. The minimum Gasteiger partial charge on any atom is -0.478 e. The lowest BCUT2D eigenvalue weighted by molar-refractivity contribution is 0.0697. The van der Waals surface area contributed by atoms with Gasteiger partial charge in [0.05, 0.1) is 23.4 Å². The summed E-state index contributed by atoms with van der Waals surface area (Å²) in [5.41, 5.74) is 2.14. The summed E-state index contributed by atoms with van der Waals surface area (Å²) >= 11 is 0. The fourth-order valence-corrected chi connectivity index (χ4v) is 3.59. The van der Waals surface area contributed by atoms with Gasteiger partial charge < -0.3 is 15.3 Å². The summed E-state index contributed by atoms with van der Waals surface area (Å²) in [4.78, 5) is 11.1. The molecule has 32 heavy (non-hydrogen) atoms. The van der Waals surface area contributed by atoms with Gasteiger partial charge in [0, 0.05) is 19.5 Å². The lowest BCUT2D eigenvalue weighted by atomic mass is 9.98. The molecule has 6 nitrogen and oxygen atoms in total. The number of aliphatic hydroxyl groups excluding tert-OH is 2. The van der Waals surface area contributed by atoms with Gasteiger partial charge in [-0.05, 0) is 35.7 Å². The Morgan fingerprint density at radius 2 is 1.22 bits per heavy atom. The van der Waals surface area contributed by atoms with Crippen LogP contribution in [0.5, 0.6) is 0 Å². The van der Waals surface area contributed by atoms with Crippen LogP contribution >= 0.6 is 0 Å². The van der Waals surface area contributed by atoms with Gasteiger partial charge in [-0.15, -0.1) is 0 Å². The third kappa shape index (κ3) is 6.73. The Morgan fingerprint density at radius 1 is 0.781 bits per heavy atom. The summed E-state index contributed by atoms with van der Waals surface area (Å²) in [5, 5.41) is 37.1. The number of rotatable bonds is 11. The quantitative estimate of drug-likeness (QED) is 0.297. The summed E-state index contributed by atoms with van der Waals surface area (Å²) < 4.78 is 0. The van der Waals surface area contributed by atoms with Crippen molar-refractivity contribution in [1.82, 2.24) is 10.6 Å². The smallest absolute Gasteiger partial charge is 0.335 e. The second-order valence-corrected chi connectivity index (χ2v) is 8.13. The standard InChI is InChI=1S/C26H30N2O4/c1-26(16-19-12-14-22(15-13-19)25(31)32,27-17-23(29)20-8-4-2-5-9-20)28-18-24(30)21-10-6-3-7-11-21/h2-15,23-24,27-30H,16-18H2,1H3,(H,31,32). The highest BCUT2D eigenvalue weighted by Gasteiger charge is 2.26. The van der Waals surface area contributed by atoms with E-state index in [-0.39, 0.29) is 5.56 Å². The second-order valence-electron chi connectivity index (χ2n) is 8.13. The molecule has 5 N–H and O–H groups in total. The fourth-order valence-electron chi connectivity index (χ4n) is 3.59. The monoisotopic (exact) mass is 434 g/mol. The maximum atomic E-state index is 11.1. The van der Waals surface area contributed by atoms with Crippen LogP contribution in [-0.2, 0) is 6.42 Å². The molecule has 3 aromatic rings. The molecule has 0 aromatic heterocycles. The predicted octanol–water partition coefficient (Wildman–Crippen LogP) is 3.29. The normalized spacial score (nSPS) is 15.0. The molecule has 0 fully saturated rings. The number of carboxylic acid groups (broad SMARTS) is 1. The second kappa shape index (κ2) is 11.0. The molecule has 2 atom stereocenters. The van der Waals surface area contributed by atoms with Gasteiger partial charge in [-0.25, -0.2) is 4.79 Å². The molecule has 3 aromatic carbocycles. The Morgan fingerprint density at radius 3 is 1.62 bits per heavy atom. The molecule has 0 spiro atoms. The Bertz CT molecular complexity index is 928. The van der Waals surface area contributed by atoms with Crippen LogP contribution in [0.15, 0.2) is 84.9 Å². The van der Waals surface area contributed by atoms with Crippen LogP contribution in [0.1, 0.15) is 46.2 Å². The number of hydrogen-bond acceptors (Lipinski definition) is 5. The van der Waals surface area contributed by atoms with Crippen molar-refractivity contribution in [2.75, 3.05) is 13.1 Å². The number of carbonyl (C=O) groups is 1. The van der Waals surface area contributed by atoms with Crippen LogP contribution in [-0.4, -0.2) is 40.0 Å². The highest BCUT2D eigenvalue weighted by atomic mass is 16.4. The largest absolute Gasteiger partial charge is 0.478 e. The maximum Gasteiger partial charge on any atom is 0.335 e. The number of aromatic carboxylic acids is 1. The van der Waals surface area contributed by atoms with E-state index in [1.165, 1.54) is 0 Å². The van der Waals surface area contributed by atoms with Crippen molar-refractivity contribution in [1.29, 1.82) is 0 Å². The number of aliphatic hydroxyl groups is 2. The molecule has 0 radical (unpaired) electrons. The molecule has 2 unspecified atom stereocenters. The van der Waals surface area contributed by atoms with Gasteiger partial charge in [0.15, 0.2) is 0 Å². The summed E-state index contributed by atoms with van der Waals surface area (Å²) in [5.74, 6) is -0.965. The maximum absolute atomic E-state index is 11.1. The number of carboxylic acids is 1.